The summed E-state index contributed by atoms with van der Waals surface area (Å²) < 4.78 is 5.23. The number of fused-ring (bicyclic) bond motifs is 1. The Kier molecular flexibility index (Phi) is 5.16. The smallest absolute Gasteiger partial charge is 0.319 e. The van der Waals surface area contributed by atoms with Gasteiger partial charge in [-0.15, -0.1) is 0 Å². The maximum Gasteiger partial charge on any atom is 0.319 e. The van der Waals surface area contributed by atoms with Gasteiger partial charge in [0.1, 0.15) is 5.75 Å². The lowest BCUT2D eigenvalue weighted by Crippen LogP contribution is -2.32. The van der Waals surface area contributed by atoms with E-state index in [1.54, 1.807) is 19.2 Å². The third kappa shape index (κ3) is 3.89. The van der Waals surface area contributed by atoms with Crippen molar-refractivity contribution in [1.29, 1.82) is 0 Å². The molecule has 1 atom stereocenters. The largest absolute Gasteiger partial charge is 0.496 e. The standard InChI is InChI=1S/C20H20N2O3/c1-25-19-12-5-4-10-16(19)18(23)13-21-20(24)22-17-11-6-8-14-7-2-3-9-15(14)17/h2-12,18,23H,13H2,1H3,(H2,21,22,24). The van der Waals surface area contributed by atoms with Crippen LogP contribution in [0.5, 0.6) is 5.75 Å². The van der Waals surface area contributed by atoms with Crippen molar-refractivity contribution in [1.82, 2.24) is 5.32 Å². The Morgan fingerprint density at radius 2 is 1.76 bits per heavy atom. The highest BCUT2D eigenvalue weighted by atomic mass is 16.5. The number of para-hydroxylation sites is 1. The van der Waals surface area contributed by atoms with E-state index in [-0.39, 0.29) is 12.6 Å². The first-order chi connectivity index (χ1) is 12.2. The molecule has 0 bridgehead atoms. The van der Waals surface area contributed by atoms with Gasteiger partial charge in [-0.05, 0) is 17.5 Å². The molecule has 5 nitrogen and oxygen atoms in total. The molecule has 1 unspecified atom stereocenters. The van der Waals surface area contributed by atoms with Gasteiger partial charge in [-0.1, -0.05) is 54.6 Å². The summed E-state index contributed by atoms with van der Waals surface area (Å²) in [6.45, 7) is 0.0803. The average molecular weight is 336 g/mol. The molecule has 25 heavy (non-hydrogen) atoms. The molecule has 0 aliphatic carbocycles. The van der Waals surface area contributed by atoms with Crippen LogP contribution in [0.1, 0.15) is 11.7 Å². The van der Waals surface area contributed by atoms with Crippen LogP contribution in [-0.4, -0.2) is 24.8 Å². The van der Waals surface area contributed by atoms with Crippen LogP contribution in [0.25, 0.3) is 10.8 Å². The monoisotopic (exact) mass is 336 g/mol. The number of rotatable bonds is 5. The molecule has 0 heterocycles. The number of nitrogens with one attached hydrogen (secondary N) is 2. The van der Waals surface area contributed by atoms with Gasteiger partial charge >= 0.3 is 6.03 Å². The normalized spacial score (nSPS) is 11.8. The molecule has 0 aromatic heterocycles. The van der Waals surface area contributed by atoms with Gasteiger partial charge in [0.05, 0.1) is 18.9 Å². The molecular formula is C20H20N2O3. The predicted octanol–water partition coefficient (Wildman–Crippen LogP) is 3.70. The van der Waals surface area contributed by atoms with Gasteiger partial charge in [-0.25, -0.2) is 4.79 Å². The lowest BCUT2D eigenvalue weighted by atomic mass is 10.1. The number of methoxy groups -OCH3 is 1. The number of carbonyl (C=O) groups is 1. The summed E-state index contributed by atoms with van der Waals surface area (Å²) in [4.78, 5) is 12.2. The average Bonchev–Trinajstić information content (AvgIpc) is 2.66. The fourth-order valence-electron chi connectivity index (χ4n) is 2.74. The highest BCUT2D eigenvalue weighted by Crippen LogP contribution is 2.25. The first-order valence-corrected chi connectivity index (χ1v) is 8.02. The van der Waals surface area contributed by atoms with Crippen molar-refractivity contribution in [2.24, 2.45) is 0 Å². The zero-order valence-electron chi connectivity index (χ0n) is 13.9. The van der Waals surface area contributed by atoms with E-state index >= 15 is 0 Å². The number of anilines is 1. The van der Waals surface area contributed by atoms with Crippen LogP contribution in [0.3, 0.4) is 0 Å². The second-order valence-electron chi connectivity index (χ2n) is 5.62. The van der Waals surface area contributed by atoms with E-state index in [9.17, 15) is 9.90 Å². The van der Waals surface area contributed by atoms with Gasteiger partial charge in [-0.2, -0.15) is 0 Å². The van der Waals surface area contributed by atoms with Crippen molar-refractivity contribution < 1.29 is 14.6 Å². The van der Waals surface area contributed by atoms with Crippen molar-refractivity contribution in [3.63, 3.8) is 0 Å². The molecule has 0 saturated heterocycles. The fraction of sp³-hybridized carbons (Fsp3) is 0.150. The lowest BCUT2D eigenvalue weighted by Gasteiger charge is -2.16. The van der Waals surface area contributed by atoms with Gasteiger partial charge in [0.15, 0.2) is 0 Å². The SMILES string of the molecule is COc1ccccc1C(O)CNC(=O)Nc1cccc2ccccc12. The zero-order chi connectivity index (χ0) is 17.6. The summed E-state index contributed by atoms with van der Waals surface area (Å²) in [5.41, 5.74) is 1.36. The van der Waals surface area contributed by atoms with Crippen LogP contribution in [0.15, 0.2) is 66.7 Å². The summed E-state index contributed by atoms with van der Waals surface area (Å²) >= 11 is 0. The Morgan fingerprint density at radius 1 is 1.04 bits per heavy atom. The molecule has 0 fully saturated rings. The van der Waals surface area contributed by atoms with E-state index < -0.39 is 6.10 Å². The minimum atomic E-state index is -0.852. The van der Waals surface area contributed by atoms with Crippen LogP contribution in [-0.2, 0) is 0 Å². The third-order valence-electron chi connectivity index (χ3n) is 3.99. The molecule has 3 aromatic rings. The van der Waals surface area contributed by atoms with Crippen LogP contribution in [0, 0.1) is 0 Å². The predicted molar refractivity (Wildman–Crippen MR) is 98.9 cm³/mol. The van der Waals surface area contributed by atoms with Gasteiger partial charge in [0.2, 0.25) is 0 Å². The number of benzene rings is 3. The molecular weight excluding hydrogens is 316 g/mol. The number of hydrogen-bond acceptors (Lipinski definition) is 3. The minimum Gasteiger partial charge on any atom is -0.496 e. The minimum absolute atomic E-state index is 0.0803. The van der Waals surface area contributed by atoms with E-state index in [1.165, 1.54) is 0 Å². The Balaban J connectivity index is 1.65. The van der Waals surface area contributed by atoms with Crippen molar-refractivity contribution >= 4 is 22.5 Å². The van der Waals surface area contributed by atoms with Gasteiger partial charge < -0.3 is 20.5 Å². The van der Waals surface area contributed by atoms with Crippen LogP contribution < -0.4 is 15.4 Å². The molecule has 2 amide bonds. The van der Waals surface area contributed by atoms with E-state index in [0.717, 1.165) is 16.5 Å². The Morgan fingerprint density at radius 3 is 2.60 bits per heavy atom. The first-order valence-electron chi connectivity index (χ1n) is 8.02. The molecule has 5 heteroatoms. The maximum absolute atomic E-state index is 12.2. The van der Waals surface area contributed by atoms with Crippen LogP contribution in [0.4, 0.5) is 10.5 Å². The summed E-state index contributed by atoms with van der Waals surface area (Å²) in [5, 5.41) is 17.8. The molecule has 0 aliphatic heterocycles. The number of ether oxygens (including phenoxy) is 1. The first kappa shape index (κ1) is 16.8. The van der Waals surface area contributed by atoms with Crippen LogP contribution in [0.2, 0.25) is 0 Å². The van der Waals surface area contributed by atoms with E-state index in [2.05, 4.69) is 10.6 Å². The quantitative estimate of drug-likeness (QED) is 0.665. The molecule has 128 valence electrons. The van der Waals surface area contributed by atoms with Crippen LogP contribution >= 0.6 is 0 Å². The second-order valence-corrected chi connectivity index (χ2v) is 5.62. The number of aliphatic hydroxyl groups excluding tert-OH is 1. The van der Waals surface area contributed by atoms with E-state index in [4.69, 9.17) is 4.74 Å². The Labute approximate surface area is 146 Å². The van der Waals surface area contributed by atoms with E-state index in [1.807, 2.05) is 54.6 Å². The van der Waals surface area contributed by atoms with Crippen molar-refractivity contribution in [2.75, 3.05) is 19.0 Å². The van der Waals surface area contributed by atoms with Crippen molar-refractivity contribution in [2.45, 2.75) is 6.10 Å². The highest BCUT2D eigenvalue weighted by molar-refractivity contribution is 6.01. The number of amides is 2. The second kappa shape index (κ2) is 7.68. The number of urea groups is 1. The molecule has 0 saturated carbocycles. The summed E-state index contributed by atoms with van der Waals surface area (Å²) in [5.74, 6) is 0.589. The van der Waals surface area contributed by atoms with E-state index in [0.29, 0.717) is 11.3 Å². The van der Waals surface area contributed by atoms with Gasteiger partial charge in [-0.3, -0.25) is 0 Å². The van der Waals surface area contributed by atoms with Crippen molar-refractivity contribution in [3.8, 4) is 5.75 Å². The molecule has 0 aliphatic rings. The number of carbonyl (C=O) groups excluding carboxylic acids is 1. The molecule has 3 rings (SSSR count). The third-order valence-corrected chi connectivity index (χ3v) is 3.99. The molecule has 3 aromatic carbocycles. The molecule has 0 spiro atoms. The Bertz CT molecular complexity index is 874. The highest BCUT2D eigenvalue weighted by Gasteiger charge is 2.14. The topological polar surface area (TPSA) is 70.6 Å². The zero-order valence-corrected chi connectivity index (χ0v) is 13.9. The van der Waals surface area contributed by atoms with Crippen molar-refractivity contribution in [3.05, 3.63) is 72.3 Å². The Hall–Kier alpha value is -3.05. The maximum atomic E-state index is 12.2. The fourth-order valence-corrected chi connectivity index (χ4v) is 2.74. The molecule has 0 radical (unpaired) electrons. The van der Waals surface area contributed by atoms with Gasteiger partial charge in [0.25, 0.3) is 0 Å². The summed E-state index contributed by atoms with van der Waals surface area (Å²) in [7, 11) is 1.55. The number of aliphatic hydroxyl groups is 1. The lowest BCUT2D eigenvalue weighted by molar-refractivity contribution is 0.171. The summed E-state index contributed by atoms with van der Waals surface area (Å²) in [6, 6.07) is 20.4. The summed E-state index contributed by atoms with van der Waals surface area (Å²) in [6.07, 6.45) is -0.852. The number of hydrogen-bond donors (Lipinski definition) is 3. The molecule has 3 N–H and O–H groups in total. The van der Waals surface area contributed by atoms with Gasteiger partial charge in [0, 0.05) is 17.5 Å².